The summed E-state index contributed by atoms with van der Waals surface area (Å²) in [6.45, 7) is -0.00887. The van der Waals surface area contributed by atoms with Gasteiger partial charge in [-0.05, 0) is 41.1 Å². The molecule has 3 aromatic rings. The van der Waals surface area contributed by atoms with E-state index < -0.39 is 11.7 Å². The zero-order chi connectivity index (χ0) is 20.1. The Morgan fingerprint density at radius 1 is 1.04 bits per heavy atom. The van der Waals surface area contributed by atoms with Crippen LogP contribution in [0.15, 0.2) is 60.7 Å². The number of hydrogen-bond acceptors (Lipinski definition) is 2. The molecule has 0 atom stereocenters. The van der Waals surface area contributed by atoms with Crippen molar-refractivity contribution in [2.75, 3.05) is 13.7 Å². The van der Waals surface area contributed by atoms with E-state index in [9.17, 15) is 18.0 Å². The fourth-order valence-corrected chi connectivity index (χ4v) is 2.70. The minimum Gasteiger partial charge on any atom is -0.496 e. The molecule has 0 fully saturated rings. The maximum atomic E-state index is 12.7. The lowest BCUT2D eigenvalue weighted by Crippen LogP contribution is -2.24. The summed E-state index contributed by atoms with van der Waals surface area (Å²) in [6, 6.07) is 15.8. The summed E-state index contributed by atoms with van der Waals surface area (Å²) in [5.74, 6) is 5.35. The van der Waals surface area contributed by atoms with Crippen LogP contribution in [0.3, 0.4) is 0 Å². The topological polar surface area (TPSA) is 38.3 Å². The Kier molecular flexibility index (Phi) is 5.55. The summed E-state index contributed by atoms with van der Waals surface area (Å²) in [5, 5.41) is 4.48. The van der Waals surface area contributed by atoms with E-state index in [1.807, 2.05) is 24.3 Å². The SMILES string of the molecule is COc1cc2ccccc2cc1C(=O)NCC#Cc1cccc(C(F)(F)F)c1. The summed E-state index contributed by atoms with van der Waals surface area (Å²) >= 11 is 0. The number of carbonyl (C=O) groups excluding carboxylic acids is 1. The molecule has 1 N–H and O–H groups in total. The van der Waals surface area contributed by atoms with Crippen molar-refractivity contribution >= 4 is 16.7 Å². The van der Waals surface area contributed by atoms with E-state index >= 15 is 0 Å². The summed E-state index contributed by atoms with van der Waals surface area (Å²) in [5.41, 5.74) is -0.168. The largest absolute Gasteiger partial charge is 0.496 e. The van der Waals surface area contributed by atoms with E-state index in [-0.39, 0.29) is 18.0 Å². The summed E-state index contributed by atoms with van der Waals surface area (Å²) in [7, 11) is 1.48. The molecule has 0 unspecified atom stereocenters. The third-order valence-corrected chi connectivity index (χ3v) is 4.07. The Labute approximate surface area is 160 Å². The van der Waals surface area contributed by atoms with Crippen molar-refractivity contribution in [1.82, 2.24) is 5.32 Å². The van der Waals surface area contributed by atoms with Gasteiger partial charge in [0.2, 0.25) is 0 Å². The lowest BCUT2D eigenvalue weighted by atomic mass is 10.1. The van der Waals surface area contributed by atoms with Crippen LogP contribution in [0.2, 0.25) is 0 Å². The molecule has 0 spiro atoms. The third kappa shape index (κ3) is 4.44. The van der Waals surface area contributed by atoms with Gasteiger partial charge in [0.05, 0.1) is 24.8 Å². The first-order valence-electron chi connectivity index (χ1n) is 8.39. The average molecular weight is 383 g/mol. The third-order valence-electron chi connectivity index (χ3n) is 4.07. The Morgan fingerprint density at radius 2 is 1.75 bits per heavy atom. The van der Waals surface area contributed by atoms with E-state index in [1.165, 1.54) is 19.2 Å². The molecule has 0 radical (unpaired) electrons. The van der Waals surface area contributed by atoms with Crippen LogP contribution in [-0.4, -0.2) is 19.6 Å². The number of hydrogen-bond donors (Lipinski definition) is 1. The second-order valence-corrected chi connectivity index (χ2v) is 5.96. The molecular weight excluding hydrogens is 367 g/mol. The quantitative estimate of drug-likeness (QED) is 0.669. The van der Waals surface area contributed by atoms with E-state index in [0.717, 1.165) is 22.9 Å². The monoisotopic (exact) mass is 383 g/mol. The Bertz CT molecular complexity index is 1080. The smallest absolute Gasteiger partial charge is 0.416 e. The van der Waals surface area contributed by atoms with E-state index in [0.29, 0.717) is 11.3 Å². The van der Waals surface area contributed by atoms with Gasteiger partial charge in [-0.15, -0.1) is 0 Å². The van der Waals surface area contributed by atoms with Crippen molar-refractivity contribution in [3.05, 3.63) is 77.4 Å². The number of amides is 1. The number of alkyl halides is 3. The van der Waals surface area contributed by atoms with E-state index in [1.54, 1.807) is 12.1 Å². The minimum absolute atomic E-state index is 0.00887. The fourth-order valence-electron chi connectivity index (χ4n) is 2.70. The van der Waals surface area contributed by atoms with Gasteiger partial charge >= 0.3 is 6.18 Å². The molecule has 0 saturated carbocycles. The first-order chi connectivity index (χ1) is 13.4. The summed E-state index contributed by atoms with van der Waals surface area (Å²) in [4.78, 5) is 12.5. The van der Waals surface area contributed by atoms with Gasteiger partial charge in [-0.3, -0.25) is 4.79 Å². The molecule has 1 amide bonds. The van der Waals surface area contributed by atoms with E-state index in [4.69, 9.17) is 4.74 Å². The van der Waals surface area contributed by atoms with Crippen LogP contribution < -0.4 is 10.1 Å². The molecule has 0 heterocycles. The van der Waals surface area contributed by atoms with Gasteiger partial charge in [0.15, 0.2) is 0 Å². The highest BCUT2D eigenvalue weighted by Gasteiger charge is 2.30. The number of methoxy groups -OCH3 is 1. The lowest BCUT2D eigenvalue weighted by molar-refractivity contribution is -0.137. The van der Waals surface area contributed by atoms with Crippen molar-refractivity contribution in [3.8, 4) is 17.6 Å². The van der Waals surface area contributed by atoms with Gasteiger partial charge in [-0.25, -0.2) is 0 Å². The van der Waals surface area contributed by atoms with Crippen molar-refractivity contribution in [1.29, 1.82) is 0 Å². The van der Waals surface area contributed by atoms with Gasteiger partial charge in [0.1, 0.15) is 5.75 Å². The van der Waals surface area contributed by atoms with Crippen molar-refractivity contribution < 1.29 is 22.7 Å². The van der Waals surface area contributed by atoms with Gasteiger partial charge in [-0.1, -0.05) is 42.2 Å². The molecule has 6 heteroatoms. The van der Waals surface area contributed by atoms with Crippen LogP contribution in [0.4, 0.5) is 13.2 Å². The van der Waals surface area contributed by atoms with Crippen LogP contribution in [0.1, 0.15) is 21.5 Å². The average Bonchev–Trinajstić information content (AvgIpc) is 2.69. The Hall–Kier alpha value is -3.46. The van der Waals surface area contributed by atoms with Crippen molar-refractivity contribution in [3.63, 3.8) is 0 Å². The number of ether oxygens (including phenoxy) is 1. The predicted molar refractivity (Wildman–Crippen MR) is 101 cm³/mol. The second kappa shape index (κ2) is 8.05. The number of rotatable bonds is 3. The number of halogens is 3. The highest BCUT2D eigenvalue weighted by Crippen LogP contribution is 2.29. The molecule has 0 aliphatic rings. The zero-order valence-electron chi connectivity index (χ0n) is 14.9. The lowest BCUT2D eigenvalue weighted by Gasteiger charge is -2.10. The molecule has 0 aliphatic heterocycles. The molecule has 3 nitrogen and oxygen atoms in total. The van der Waals surface area contributed by atoms with Gasteiger partial charge < -0.3 is 10.1 Å². The second-order valence-electron chi connectivity index (χ2n) is 5.96. The van der Waals surface area contributed by atoms with Gasteiger partial charge in [-0.2, -0.15) is 13.2 Å². The first-order valence-corrected chi connectivity index (χ1v) is 8.39. The van der Waals surface area contributed by atoms with Gasteiger partial charge in [0.25, 0.3) is 5.91 Å². The molecule has 0 bridgehead atoms. The standard InChI is InChI=1S/C22H16F3NO2/c1-28-20-14-17-9-3-2-8-16(17)13-19(20)21(27)26-11-5-7-15-6-4-10-18(12-15)22(23,24)25/h2-4,6,8-10,12-14H,11H2,1H3,(H,26,27). The van der Waals surface area contributed by atoms with E-state index in [2.05, 4.69) is 17.2 Å². The molecule has 3 rings (SSSR count). The van der Waals surface area contributed by atoms with Crippen molar-refractivity contribution in [2.45, 2.75) is 6.18 Å². The predicted octanol–water partition coefficient (Wildman–Crippen LogP) is 4.65. The molecule has 0 aliphatic carbocycles. The Morgan fingerprint density at radius 3 is 2.43 bits per heavy atom. The molecule has 28 heavy (non-hydrogen) atoms. The molecular formula is C22H16F3NO2. The summed E-state index contributed by atoms with van der Waals surface area (Å²) in [6.07, 6.45) is -4.42. The summed E-state index contributed by atoms with van der Waals surface area (Å²) < 4.78 is 43.4. The van der Waals surface area contributed by atoms with Crippen LogP contribution in [-0.2, 0) is 6.18 Å². The van der Waals surface area contributed by atoms with Crippen molar-refractivity contribution in [2.24, 2.45) is 0 Å². The number of fused-ring (bicyclic) bond motifs is 1. The van der Waals surface area contributed by atoms with Crippen LogP contribution in [0.5, 0.6) is 5.75 Å². The fraction of sp³-hybridized carbons (Fsp3) is 0.136. The molecule has 3 aromatic carbocycles. The van der Waals surface area contributed by atoms with Crippen LogP contribution >= 0.6 is 0 Å². The van der Waals surface area contributed by atoms with Crippen LogP contribution in [0, 0.1) is 11.8 Å². The van der Waals surface area contributed by atoms with Gasteiger partial charge in [0, 0.05) is 5.56 Å². The highest BCUT2D eigenvalue weighted by molar-refractivity contribution is 6.01. The number of benzene rings is 3. The first kappa shape index (κ1) is 19.3. The molecule has 0 aromatic heterocycles. The Balaban J connectivity index is 1.72. The minimum atomic E-state index is -4.42. The maximum Gasteiger partial charge on any atom is 0.416 e. The normalized spacial score (nSPS) is 10.9. The highest BCUT2D eigenvalue weighted by atomic mass is 19.4. The molecule has 142 valence electrons. The maximum absolute atomic E-state index is 12.7. The van der Waals surface area contributed by atoms with Crippen LogP contribution in [0.25, 0.3) is 10.8 Å². The number of nitrogens with one attached hydrogen (secondary N) is 1. The number of carbonyl (C=O) groups is 1. The zero-order valence-corrected chi connectivity index (χ0v) is 14.9. The molecule has 0 saturated heterocycles.